The molecular weight excluding hydrogens is 280 g/mol. The summed E-state index contributed by atoms with van der Waals surface area (Å²) in [5.41, 5.74) is 1.25. The van der Waals surface area contributed by atoms with Crippen molar-refractivity contribution in [3.63, 3.8) is 0 Å². The minimum Gasteiger partial charge on any atom is -0.465 e. The molecule has 0 amide bonds. The molecule has 1 aliphatic heterocycles. The Hall–Kier alpha value is -1.82. The maximum absolute atomic E-state index is 11.7. The van der Waals surface area contributed by atoms with Gasteiger partial charge in [0.25, 0.3) is 5.78 Å². The lowest BCUT2D eigenvalue weighted by Crippen LogP contribution is -2.19. The number of Topliss-reactive ketones (excluding diaryl/α,β-unsaturated/α-hetero) is 1. The molecule has 1 heterocycles. The van der Waals surface area contributed by atoms with Gasteiger partial charge in [0, 0.05) is 10.5 Å². The number of hydrogen-bond donors (Lipinski definition) is 0. The quantitative estimate of drug-likeness (QED) is 0.477. The predicted octanol–water partition coefficient (Wildman–Crippen LogP) is 1.62. The third-order valence-electron chi connectivity index (χ3n) is 2.92. The van der Waals surface area contributed by atoms with E-state index >= 15 is 0 Å². The smallest absolute Gasteiger partial charge is 0.379 e. The summed E-state index contributed by atoms with van der Waals surface area (Å²) in [7, 11) is 1.17. The van der Waals surface area contributed by atoms with Gasteiger partial charge in [0.15, 0.2) is 0 Å². The second kappa shape index (κ2) is 6.09. The zero-order valence-corrected chi connectivity index (χ0v) is 12.0. The number of rotatable bonds is 4. The van der Waals surface area contributed by atoms with Crippen molar-refractivity contribution in [2.45, 2.75) is 23.5 Å². The number of carbonyl (C=O) groups excluding carboxylic acids is 3. The fraction of sp³-hybridized carbons (Fsp3) is 0.357. The van der Waals surface area contributed by atoms with Crippen LogP contribution in [0.2, 0.25) is 0 Å². The Morgan fingerprint density at radius 2 is 2.10 bits per heavy atom. The Balaban J connectivity index is 2.16. The number of methoxy groups -OCH3 is 1. The first kappa shape index (κ1) is 14.6. The SMILES string of the molecule is CCOC(=O)C1Cc2ccc(C(=O)C(=O)OC)cc2S1. The number of fused-ring (bicyclic) bond motifs is 1. The standard InChI is InChI=1S/C14H14O5S/c1-3-19-13(16)11-6-8-4-5-9(7-10(8)20-11)12(15)14(17)18-2/h4-5,7,11H,3,6H2,1-2H3. The second-order valence-electron chi connectivity index (χ2n) is 4.21. The summed E-state index contributed by atoms with van der Waals surface area (Å²) in [6, 6.07) is 4.96. The number of hydrogen-bond acceptors (Lipinski definition) is 6. The highest BCUT2D eigenvalue weighted by Crippen LogP contribution is 2.38. The van der Waals surface area contributed by atoms with Crippen molar-refractivity contribution in [2.75, 3.05) is 13.7 Å². The summed E-state index contributed by atoms with van der Waals surface area (Å²) in [6.07, 6.45) is 0.575. The van der Waals surface area contributed by atoms with Gasteiger partial charge in [-0.3, -0.25) is 9.59 Å². The highest BCUT2D eigenvalue weighted by molar-refractivity contribution is 8.01. The minimum absolute atomic E-state index is 0.255. The Morgan fingerprint density at radius 3 is 2.75 bits per heavy atom. The summed E-state index contributed by atoms with van der Waals surface area (Å²) in [5.74, 6) is -1.83. The van der Waals surface area contributed by atoms with Crippen LogP contribution in [0.1, 0.15) is 22.8 Å². The van der Waals surface area contributed by atoms with Crippen LogP contribution in [0.3, 0.4) is 0 Å². The fourth-order valence-corrected chi connectivity index (χ4v) is 3.18. The highest BCUT2D eigenvalue weighted by Gasteiger charge is 2.30. The van der Waals surface area contributed by atoms with Crippen molar-refractivity contribution in [2.24, 2.45) is 0 Å². The topological polar surface area (TPSA) is 69.7 Å². The van der Waals surface area contributed by atoms with Crippen molar-refractivity contribution in [3.05, 3.63) is 29.3 Å². The summed E-state index contributed by atoms with van der Waals surface area (Å²) in [4.78, 5) is 35.5. The number of thioether (sulfide) groups is 1. The third-order valence-corrected chi connectivity index (χ3v) is 4.20. The molecule has 5 nitrogen and oxygen atoms in total. The summed E-state index contributed by atoms with van der Waals surface area (Å²) in [5, 5.41) is -0.284. The molecule has 1 aliphatic rings. The van der Waals surface area contributed by atoms with E-state index in [0.717, 1.165) is 10.5 Å². The van der Waals surface area contributed by atoms with Crippen LogP contribution in [-0.4, -0.2) is 36.7 Å². The monoisotopic (exact) mass is 294 g/mol. The first-order valence-corrected chi connectivity index (χ1v) is 7.03. The highest BCUT2D eigenvalue weighted by atomic mass is 32.2. The van der Waals surface area contributed by atoms with Crippen molar-refractivity contribution in [1.29, 1.82) is 0 Å². The van der Waals surface area contributed by atoms with E-state index in [9.17, 15) is 14.4 Å². The van der Waals surface area contributed by atoms with Gasteiger partial charge in [-0.25, -0.2) is 4.79 Å². The molecule has 20 heavy (non-hydrogen) atoms. The zero-order chi connectivity index (χ0) is 14.7. The lowest BCUT2D eigenvalue weighted by Gasteiger charge is -2.06. The first-order chi connectivity index (χ1) is 9.56. The van der Waals surface area contributed by atoms with Crippen molar-refractivity contribution in [1.82, 2.24) is 0 Å². The first-order valence-electron chi connectivity index (χ1n) is 6.15. The predicted molar refractivity (Wildman–Crippen MR) is 72.8 cm³/mol. The van der Waals surface area contributed by atoms with E-state index in [0.29, 0.717) is 13.0 Å². The van der Waals surface area contributed by atoms with E-state index in [-0.39, 0.29) is 16.8 Å². The number of ether oxygens (including phenoxy) is 2. The summed E-state index contributed by atoms with van der Waals surface area (Å²) < 4.78 is 9.40. The second-order valence-corrected chi connectivity index (χ2v) is 5.45. The number of esters is 2. The van der Waals surface area contributed by atoms with Crippen LogP contribution in [0.15, 0.2) is 23.1 Å². The molecule has 0 saturated heterocycles. The van der Waals surface area contributed by atoms with E-state index in [4.69, 9.17) is 4.74 Å². The van der Waals surface area contributed by atoms with Crippen LogP contribution in [0.4, 0.5) is 0 Å². The molecule has 106 valence electrons. The normalized spacial score (nSPS) is 16.4. The van der Waals surface area contributed by atoms with Crippen molar-refractivity contribution >= 4 is 29.5 Å². The number of benzene rings is 1. The van der Waals surface area contributed by atoms with Gasteiger partial charge in [-0.15, -0.1) is 11.8 Å². The van der Waals surface area contributed by atoms with Gasteiger partial charge in [0.2, 0.25) is 0 Å². The molecule has 0 aromatic heterocycles. The van der Waals surface area contributed by atoms with E-state index in [1.165, 1.54) is 18.9 Å². The molecule has 0 bridgehead atoms. The van der Waals surface area contributed by atoms with E-state index in [1.807, 2.05) is 0 Å². The van der Waals surface area contributed by atoms with Gasteiger partial charge in [0.1, 0.15) is 5.25 Å². The van der Waals surface area contributed by atoms with Crippen LogP contribution in [0.5, 0.6) is 0 Å². The van der Waals surface area contributed by atoms with Gasteiger partial charge in [0.05, 0.1) is 13.7 Å². The molecule has 2 rings (SSSR count). The Bertz CT molecular complexity index is 567. The van der Waals surface area contributed by atoms with Crippen LogP contribution in [-0.2, 0) is 25.5 Å². The summed E-state index contributed by atoms with van der Waals surface area (Å²) in [6.45, 7) is 2.11. The van der Waals surface area contributed by atoms with Crippen molar-refractivity contribution in [3.8, 4) is 0 Å². The fourth-order valence-electron chi connectivity index (χ4n) is 1.95. The van der Waals surface area contributed by atoms with Gasteiger partial charge in [-0.05, 0) is 25.0 Å². The van der Waals surface area contributed by atoms with Crippen molar-refractivity contribution < 1.29 is 23.9 Å². The molecule has 0 radical (unpaired) electrons. The molecule has 6 heteroatoms. The van der Waals surface area contributed by atoms with E-state index < -0.39 is 11.8 Å². The average molecular weight is 294 g/mol. The molecule has 0 spiro atoms. The van der Waals surface area contributed by atoms with Crippen LogP contribution in [0, 0.1) is 0 Å². The van der Waals surface area contributed by atoms with E-state index in [2.05, 4.69) is 4.74 Å². The molecule has 1 aromatic rings. The molecule has 1 atom stereocenters. The maximum atomic E-state index is 11.7. The molecule has 0 aliphatic carbocycles. The van der Waals surface area contributed by atoms with Gasteiger partial charge >= 0.3 is 11.9 Å². The van der Waals surface area contributed by atoms with Crippen LogP contribution in [0.25, 0.3) is 0 Å². The lowest BCUT2D eigenvalue weighted by molar-refractivity contribution is -0.142. The lowest BCUT2D eigenvalue weighted by atomic mass is 10.1. The van der Waals surface area contributed by atoms with E-state index in [1.54, 1.807) is 25.1 Å². The zero-order valence-electron chi connectivity index (χ0n) is 11.2. The van der Waals surface area contributed by atoms with Gasteiger partial charge in [-0.2, -0.15) is 0 Å². The molecule has 0 N–H and O–H groups in total. The molecular formula is C14H14O5S. The average Bonchev–Trinajstić information content (AvgIpc) is 2.88. The summed E-state index contributed by atoms with van der Waals surface area (Å²) >= 11 is 1.36. The molecule has 1 aromatic carbocycles. The van der Waals surface area contributed by atoms with Crippen LogP contribution >= 0.6 is 11.8 Å². The Morgan fingerprint density at radius 1 is 1.35 bits per heavy atom. The Kier molecular flexibility index (Phi) is 4.44. The third kappa shape index (κ3) is 2.85. The van der Waals surface area contributed by atoms with Gasteiger partial charge in [-0.1, -0.05) is 12.1 Å². The molecule has 0 saturated carbocycles. The molecule has 1 unspecified atom stereocenters. The number of ketones is 1. The van der Waals surface area contributed by atoms with Crippen LogP contribution < -0.4 is 0 Å². The molecule has 0 fully saturated rings. The number of carbonyl (C=O) groups is 3. The maximum Gasteiger partial charge on any atom is 0.379 e. The largest absolute Gasteiger partial charge is 0.465 e. The Labute approximate surface area is 120 Å². The minimum atomic E-state index is -0.894. The van der Waals surface area contributed by atoms with Gasteiger partial charge < -0.3 is 9.47 Å².